The summed E-state index contributed by atoms with van der Waals surface area (Å²) < 4.78 is 0. The molecule has 0 N–H and O–H groups in total. The molecule has 0 amide bonds. The number of allylic oxidation sites excluding steroid dienone is 4. The molecular formula is C12H19Ni. The first-order chi connectivity index (χ1) is 5.91. The third-order valence-corrected chi connectivity index (χ3v) is 1.57. The second-order valence-corrected chi connectivity index (χ2v) is 2.67. The number of hydrogen-bond acceptors (Lipinski definition) is 0. The van der Waals surface area contributed by atoms with Crippen molar-refractivity contribution in [2.24, 2.45) is 0 Å². The van der Waals surface area contributed by atoms with Crippen LogP contribution in [0.5, 0.6) is 0 Å². The van der Waals surface area contributed by atoms with Crippen LogP contribution in [0, 0.1) is 19.8 Å². The van der Waals surface area contributed by atoms with E-state index in [-0.39, 0.29) is 16.5 Å². The summed E-state index contributed by atoms with van der Waals surface area (Å²) in [6.07, 6.45) is 17.3. The first-order valence-electron chi connectivity index (χ1n) is 4.62. The van der Waals surface area contributed by atoms with Crippen molar-refractivity contribution in [1.82, 2.24) is 0 Å². The molecule has 0 aromatic heterocycles. The van der Waals surface area contributed by atoms with Crippen LogP contribution >= 0.6 is 0 Å². The van der Waals surface area contributed by atoms with Gasteiger partial charge in [0.1, 0.15) is 0 Å². The molecule has 0 saturated carbocycles. The van der Waals surface area contributed by atoms with Gasteiger partial charge in [-0.15, -0.1) is 0 Å². The SMILES string of the molecule is [CH2][CH][CH]CC/C=C/CC/C=C\C.[Ni]. The summed E-state index contributed by atoms with van der Waals surface area (Å²) in [7, 11) is 0. The predicted molar refractivity (Wildman–Crippen MR) is 56.4 cm³/mol. The molecule has 0 atom stereocenters. The quantitative estimate of drug-likeness (QED) is 0.348. The molecule has 0 saturated heterocycles. The molecule has 0 nitrogen and oxygen atoms in total. The van der Waals surface area contributed by atoms with E-state index in [2.05, 4.69) is 44.6 Å². The van der Waals surface area contributed by atoms with Gasteiger partial charge in [0.05, 0.1) is 0 Å². The van der Waals surface area contributed by atoms with Crippen LogP contribution in [0.3, 0.4) is 0 Å². The average Bonchev–Trinajstić information content (AvgIpc) is 2.10. The van der Waals surface area contributed by atoms with Gasteiger partial charge in [0.25, 0.3) is 0 Å². The molecule has 13 heavy (non-hydrogen) atoms. The van der Waals surface area contributed by atoms with E-state index in [9.17, 15) is 0 Å². The van der Waals surface area contributed by atoms with Gasteiger partial charge in [-0.1, -0.05) is 24.3 Å². The van der Waals surface area contributed by atoms with Gasteiger partial charge in [0.15, 0.2) is 0 Å². The molecule has 0 fully saturated rings. The van der Waals surface area contributed by atoms with E-state index in [1.54, 1.807) is 0 Å². The van der Waals surface area contributed by atoms with Crippen molar-refractivity contribution in [1.29, 1.82) is 0 Å². The Morgan fingerprint density at radius 2 is 1.46 bits per heavy atom. The zero-order chi connectivity index (χ0) is 9.07. The maximum atomic E-state index is 3.63. The van der Waals surface area contributed by atoms with Crippen LogP contribution in [0.4, 0.5) is 0 Å². The standard InChI is InChI=1S/C12H19.Ni/c1-3-5-7-9-11-12-10-8-6-4-2;/h3-6,11-12H,1,7-10H2,2H3;/b6-4-,12-11+;. The maximum absolute atomic E-state index is 3.63. The molecule has 0 aliphatic carbocycles. The molecule has 0 rings (SSSR count). The van der Waals surface area contributed by atoms with Gasteiger partial charge in [-0.05, 0) is 52.4 Å². The van der Waals surface area contributed by atoms with Gasteiger partial charge in [0, 0.05) is 16.5 Å². The molecule has 0 aromatic rings. The Labute approximate surface area is 93.4 Å². The molecule has 0 aliphatic heterocycles. The van der Waals surface area contributed by atoms with Gasteiger partial charge in [-0.25, -0.2) is 0 Å². The molecule has 1 heteroatoms. The minimum Gasteiger partial charge on any atom is -0.0917 e. The molecular weight excluding hydrogens is 203 g/mol. The largest absolute Gasteiger partial charge is 0.0917 e. The van der Waals surface area contributed by atoms with Crippen molar-refractivity contribution in [3.8, 4) is 0 Å². The maximum Gasteiger partial charge on any atom is 0 e. The topological polar surface area (TPSA) is 0 Å². The first kappa shape index (κ1) is 15.4. The summed E-state index contributed by atoms with van der Waals surface area (Å²) in [6.45, 7) is 5.69. The molecule has 0 bridgehead atoms. The van der Waals surface area contributed by atoms with E-state index in [0.29, 0.717) is 0 Å². The van der Waals surface area contributed by atoms with E-state index in [4.69, 9.17) is 0 Å². The predicted octanol–water partition coefficient (Wildman–Crippen LogP) is 3.92. The summed E-state index contributed by atoms with van der Waals surface area (Å²) in [5.74, 6) is 0. The molecule has 0 aromatic carbocycles. The number of rotatable bonds is 7. The second kappa shape index (κ2) is 14.5. The van der Waals surface area contributed by atoms with Gasteiger partial charge in [-0.3, -0.25) is 0 Å². The zero-order valence-corrected chi connectivity index (χ0v) is 9.30. The Hall–Kier alpha value is -0.0265. The summed E-state index contributed by atoms with van der Waals surface area (Å²) in [5.41, 5.74) is 0. The Bertz CT molecular complexity index is 125. The van der Waals surface area contributed by atoms with Crippen LogP contribution < -0.4 is 0 Å². The van der Waals surface area contributed by atoms with Crippen molar-refractivity contribution in [3.63, 3.8) is 0 Å². The molecule has 0 heterocycles. The number of hydrogen-bond donors (Lipinski definition) is 0. The summed E-state index contributed by atoms with van der Waals surface area (Å²) in [5, 5.41) is 0. The van der Waals surface area contributed by atoms with E-state index in [1.807, 2.05) is 6.42 Å². The normalized spacial score (nSPS) is 10.9. The molecule has 3 radical (unpaired) electrons. The Kier molecular flexibility index (Phi) is 17.2. The zero-order valence-electron chi connectivity index (χ0n) is 8.32. The fourth-order valence-corrected chi connectivity index (χ4v) is 0.905. The first-order valence-corrected chi connectivity index (χ1v) is 4.62. The van der Waals surface area contributed by atoms with Gasteiger partial charge < -0.3 is 0 Å². The smallest absolute Gasteiger partial charge is 0 e. The van der Waals surface area contributed by atoms with E-state index >= 15 is 0 Å². The Balaban J connectivity index is 0. The van der Waals surface area contributed by atoms with Gasteiger partial charge in [0.2, 0.25) is 0 Å². The van der Waals surface area contributed by atoms with E-state index in [1.165, 1.54) is 6.42 Å². The van der Waals surface area contributed by atoms with Crippen LogP contribution in [0.2, 0.25) is 0 Å². The van der Waals surface area contributed by atoms with Gasteiger partial charge >= 0.3 is 0 Å². The van der Waals surface area contributed by atoms with Crippen LogP contribution in [-0.4, -0.2) is 0 Å². The fourth-order valence-electron chi connectivity index (χ4n) is 0.905. The van der Waals surface area contributed by atoms with Crippen LogP contribution in [0.25, 0.3) is 0 Å². The molecule has 0 aliphatic rings. The van der Waals surface area contributed by atoms with Crippen molar-refractivity contribution in [3.05, 3.63) is 44.1 Å². The third kappa shape index (κ3) is 14.8. The molecule has 0 spiro atoms. The van der Waals surface area contributed by atoms with Crippen LogP contribution in [0.15, 0.2) is 24.3 Å². The van der Waals surface area contributed by atoms with Crippen molar-refractivity contribution in [2.45, 2.75) is 32.6 Å². The number of unbranched alkanes of at least 4 members (excludes halogenated alkanes) is 4. The van der Waals surface area contributed by atoms with Crippen LogP contribution in [-0.2, 0) is 16.5 Å². The van der Waals surface area contributed by atoms with Crippen LogP contribution in [0.1, 0.15) is 32.6 Å². The average molecular weight is 222 g/mol. The Morgan fingerprint density at radius 3 is 2.00 bits per heavy atom. The molecule has 77 valence electrons. The van der Waals surface area contributed by atoms with Crippen molar-refractivity contribution in [2.75, 3.05) is 0 Å². The van der Waals surface area contributed by atoms with Gasteiger partial charge in [-0.2, -0.15) is 0 Å². The third-order valence-electron chi connectivity index (χ3n) is 1.57. The fraction of sp³-hybridized carbons (Fsp3) is 0.417. The summed E-state index contributed by atoms with van der Waals surface area (Å²) >= 11 is 0. The summed E-state index contributed by atoms with van der Waals surface area (Å²) in [4.78, 5) is 0. The van der Waals surface area contributed by atoms with Crippen molar-refractivity contribution >= 4 is 0 Å². The minimum atomic E-state index is 0. The Morgan fingerprint density at radius 1 is 0.923 bits per heavy atom. The monoisotopic (exact) mass is 221 g/mol. The molecule has 0 unspecified atom stereocenters. The van der Waals surface area contributed by atoms with Crippen molar-refractivity contribution < 1.29 is 16.5 Å². The summed E-state index contributed by atoms with van der Waals surface area (Å²) in [6, 6.07) is 0. The minimum absolute atomic E-state index is 0. The second-order valence-electron chi connectivity index (χ2n) is 2.67. The van der Waals surface area contributed by atoms with E-state index < -0.39 is 0 Å². The van der Waals surface area contributed by atoms with E-state index in [0.717, 1.165) is 19.3 Å².